The molecule has 0 saturated heterocycles. The largest absolute Gasteiger partial charge is 0.368 e. The van der Waals surface area contributed by atoms with Crippen molar-refractivity contribution >= 4 is 11.7 Å². The van der Waals surface area contributed by atoms with Crippen LogP contribution in [0.3, 0.4) is 0 Å². The first-order valence-electron chi connectivity index (χ1n) is 3.43. The number of carbonyl (C=O) groups is 1. The number of nitro benzene ring substituents is 1. The number of amides is 2. The molecule has 0 spiro atoms. The summed E-state index contributed by atoms with van der Waals surface area (Å²) in [6.45, 7) is 0. The SMILES string of the molecule is O=C1N=c2cccc([N+](=O)[O-])c2=N1. The van der Waals surface area contributed by atoms with Crippen molar-refractivity contribution in [1.29, 1.82) is 0 Å². The van der Waals surface area contributed by atoms with E-state index < -0.39 is 11.0 Å². The molecule has 1 aliphatic heterocycles. The standard InChI is InChI=1S/C7H3N3O3/c11-7-8-4-2-1-3-5(10(12)13)6(4)9-7/h1-3H. The molecule has 64 valence electrons. The number of nitrogens with zero attached hydrogens (tertiary/aromatic N) is 3. The highest BCUT2D eigenvalue weighted by molar-refractivity contribution is 5.77. The Morgan fingerprint density at radius 3 is 2.77 bits per heavy atom. The van der Waals surface area contributed by atoms with Crippen molar-refractivity contribution in [2.24, 2.45) is 9.98 Å². The van der Waals surface area contributed by atoms with Crippen LogP contribution in [0.4, 0.5) is 10.5 Å². The first-order valence-corrected chi connectivity index (χ1v) is 3.43. The highest BCUT2D eigenvalue weighted by Crippen LogP contribution is 2.01. The minimum atomic E-state index is -0.690. The third-order valence-electron chi connectivity index (χ3n) is 1.61. The van der Waals surface area contributed by atoms with E-state index in [0.29, 0.717) is 0 Å². The molecule has 0 saturated carbocycles. The van der Waals surface area contributed by atoms with E-state index in [4.69, 9.17) is 0 Å². The van der Waals surface area contributed by atoms with Gasteiger partial charge in [-0.05, 0) is 6.07 Å². The number of fused-ring (bicyclic) bond motifs is 1. The van der Waals surface area contributed by atoms with E-state index in [-0.39, 0.29) is 16.4 Å². The molecule has 0 fully saturated rings. The smallest absolute Gasteiger partial charge is 0.258 e. The van der Waals surface area contributed by atoms with E-state index in [1.807, 2.05) is 0 Å². The average molecular weight is 177 g/mol. The first kappa shape index (κ1) is 7.53. The fourth-order valence-corrected chi connectivity index (χ4v) is 1.10. The molecule has 0 aromatic heterocycles. The summed E-state index contributed by atoms with van der Waals surface area (Å²) in [5, 5.41) is 10.8. The van der Waals surface area contributed by atoms with Crippen molar-refractivity contribution in [3.8, 4) is 0 Å². The van der Waals surface area contributed by atoms with Crippen LogP contribution in [0.1, 0.15) is 0 Å². The summed E-state index contributed by atoms with van der Waals surface area (Å²) in [4.78, 5) is 27.5. The summed E-state index contributed by atoms with van der Waals surface area (Å²) in [5.74, 6) is 0. The zero-order valence-corrected chi connectivity index (χ0v) is 6.30. The van der Waals surface area contributed by atoms with E-state index in [2.05, 4.69) is 9.98 Å². The number of non-ortho nitro benzene ring substituents is 1. The molecule has 1 aromatic rings. The minimum absolute atomic E-state index is 0.0532. The third-order valence-corrected chi connectivity index (χ3v) is 1.61. The Kier molecular flexibility index (Phi) is 1.42. The van der Waals surface area contributed by atoms with E-state index in [0.717, 1.165) is 0 Å². The number of benzene rings is 1. The molecule has 0 aliphatic carbocycles. The Labute approximate surface area is 71.4 Å². The van der Waals surface area contributed by atoms with Crippen molar-refractivity contribution in [3.63, 3.8) is 0 Å². The normalized spacial score (nSPS) is 13.1. The van der Waals surface area contributed by atoms with Crippen molar-refractivity contribution in [2.75, 3.05) is 0 Å². The fraction of sp³-hybridized carbons (Fsp3) is 0. The molecular formula is C7H3N3O3. The van der Waals surface area contributed by atoms with Crippen LogP contribution >= 0.6 is 0 Å². The number of para-hydroxylation sites is 1. The topological polar surface area (TPSA) is 84.9 Å². The molecule has 0 bridgehead atoms. The van der Waals surface area contributed by atoms with Gasteiger partial charge in [-0.15, -0.1) is 0 Å². The summed E-state index contributed by atoms with van der Waals surface area (Å²) in [5.41, 5.74) is -0.188. The molecule has 0 radical (unpaired) electrons. The van der Waals surface area contributed by atoms with Crippen molar-refractivity contribution in [1.82, 2.24) is 0 Å². The highest BCUT2D eigenvalue weighted by atomic mass is 16.6. The van der Waals surface area contributed by atoms with Crippen LogP contribution in [0.25, 0.3) is 0 Å². The summed E-state index contributed by atoms with van der Waals surface area (Å²) in [6, 6.07) is 3.58. The highest BCUT2D eigenvalue weighted by Gasteiger charge is 2.15. The van der Waals surface area contributed by atoms with E-state index >= 15 is 0 Å². The zero-order chi connectivity index (χ0) is 9.42. The van der Waals surface area contributed by atoms with Crippen LogP contribution in [0.15, 0.2) is 28.2 Å². The van der Waals surface area contributed by atoms with Gasteiger partial charge in [-0.2, -0.15) is 9.98 Å². The summed E-state index contributed by atoms with van der Waals surface area (Å²) in [6.07, 6.45) is 0. The van der Waals surface area contributed by atoms with Crippen molar-refractivity contribution in [2.45, 2.75) is 0 Å². The second kappa shape index (κ2) is 2.44. The Bertz CT molecular complexity index is 520. The molecule has 2 amide bonds. The summed E-state index contributed by atoms with van der Waals surface area (Å²) >= 11 is 0. The lowest BCUT2D eigenvalue weighted by Crippen LogP contribution is -2.24. The minimum Gasteiger partial charge on any atom is -0.258 e. The predicted molar refractivity (Wildman–Crippen MR) is 40.8 cm³/mol. The maximum absolute atomic E-state index is 10.7. The average Bonchev–Trinajstić information content (AvgIpc) is 2.43. The van der Waals surface area contributed by atoms with Crippen molar-refractivity contribution < 1.29 is 9.72 Å². The molecule has 1 aromatic carbocycles. The van der Waals surface area contributed by atoms with Crippen molar-refractivity contribution in [3.05, 3.63) is 39.0 Å². The lowest BCUT2D eigenvalue weighted by molar-refractivity contribution is -0.386. The van der Waals surface area contributed by atoms with E-state index in [9.17, 15) is 14.9 Å². The second-order valence-electron chi connectivity index (χ2n) is 2.41. The van der Waals surface area contributed by atoms with Gasteiger partial charge in [0, 0.05) is 6.07 Å². The van der Waals surface area contributed by atoms with Gasteiger partial charge >= 0.3 is 6.03 Å². The van der Waals surface area contributed by atoms with Crippen LogP contribution in [-0.4, -0.2) is 11.0 Å². The molecule has 13 heavy (non-hydrogen) atoms. The van der Waals surface area contributed by atoms with Gasteiger partial charge < -0.3 is 0 Å². The van der Waals surface area contributed by atoms with Crippen LogP contribution in [0.5, 0.6) is 0 Å². The second-order valence-corrected chi connectivity index (χ2v) is 2.41. The number of nitro groups is 1. The van der Waals surface area contributed by atoms with Gasteiger partial charge in [-0.3, -0.25) is 10.1 Å². The molecule has 1 aliphatic rings. The summed E-state index contributed by atoms with van der Waals surface area (Å²) in [7, 11) is 0. The molecule has 2 rings (SSSR count). The molecular weight excluding hydrogens is 174 g/mol. The van der Waals surface area contributed by atoms with Crippen LogP contribution < -0.4 is 10.7 Å². The fourth-order valence-electron chi connectivity index (χ4n) is 1.10. The maximum Gasteiger partial charge on any atom is 0.368 e. The van der Waals surface area contributed by atoms with Crippen LogP contribution in [-0.2, 0) is 0 Å². The van der Waals surface area contributed by atoms with Crippen LogP contribution in [0, 0.1) is 10.1 Å². The Hall–Kier alpha value is -2.11. The van der Waals surface area contributed by atoms with Gasteiger partial charge in [0.2, 0.25) is 0 Å². The quantitative estimate of drug-likeness (QED) is 0.445. The van der Waals surface area contributed by atoms with E-state index in [1.165, 1.54) is 18.2 Å². The lowest BCUT2D eigenvalue weighted by atomic mass is 10.3. The number of hydrogen-bond acceptors (Lipinski definition) is 3. The molecule has 0 unspecified atom stereocenters. The van der Waals surface area contributed by atoms with Gasteiger partial charge in [0.25, 0.3) is 5.69 Å². The molecule has 6 nitrogen and oxygen atoms in total. The van der Waals surface area contributed by atoms with Gasteiger partial charge in [0.1, 0.15) is 5.36 Å². The van der Waals surface area contributed by atoms with Gasteiger partial charge in [0.05, 0.1) is 4.92 Å². The zero-order valence-electron chi connectivity index (χ0n) is 6.30. The maximum atomic E-state index is 10.7. The molecule has 0 atom stereocenters. The molecule has 1 heterocycles. The number of urea groups is 1. The Morgan fingerprint density at radius 2 is 2.08 bits per heavy atom. The monoisotopic (exact) mass is 177 g/mol. The molecule has 6 heteroatoms. The first-order chi connectivity index (χ1) is 6.18. The van der Waals surface area contributed by atoms with Gasteiger partial charge in [-0.1, -0.05) is 6.07 Å². The number of hydrogen-bond donors (Lipinski definition) is 0. The number of rotatable bonds is 1. The van der Waals surface area contributed by atoms with Gasteiger partial charge in [-0.25, -0.2) is 4.79 Å². The Morgan fingerprint density at radius 1 is 1.31 bits per heavy atom. The molecule has 0 N–H and O–H groups in total. The van der Waals surface area contributed by atoms with Crippen LogP contribution in [0.2, 0.25) is 0 Å². The van der Waals surface area contributed by atoms with E-state index in [1.54, 1.807) is 0 Å². The lowest BCUT2D eigenvalue weighted by Gasteiger charge is -1.87. The Balaban J connectivity index is 2.88. The third kappa shape index (κ3) is 1.08. The van der Waals surface area contributed by atoms with Gasteiger partial charge in [0.15, 0.2) is 5.36 Å². The summed E-state index contributed by atoms with van der Waals surface area (Å²) < 4.78 is 0. The number of carbonyl (C=O) groups excluding carboxylic acids is 1. The predicted octanol–water partition coefficient (Wildman–Crippen LogP) is -0.0324.